The lowest BCUT2D eigenvalue weighted by Crippen LogP contribution is -2.30. The van der Waals surface area contributed by atoms with Crippen molar-refractivity contribution >= 4 is 10.0 Å². The molecule has 0 heterocycles. The van der Waals surface area contributed by atoms with Crippen LogP contribution >= 0.6 is 0 Å². The average molecular weight is 313 g/mol. The van der Waals surface area contributed by atoms with Gasteiger partial charge in [0, 0.05) is 20.2 Å². The van der Waals surface area contributed by atoms with Crippen molar-refractivity contribution < 1.29 is 18.3 Å². The molecule has 0 bridgehead atoms. The summed E-state index contributed by atoms with van der Waals surface area (Å²) in [5.74, 6) is 0.676. The smallest absolute Gasteiger partial charge is 0.242 e. The van der Waals surface area contributed by atoms with E-state index in [9.17, 15) is 13.5 Å². The molecule has 2 rings (SSSR count). The summed E-state index contributed by atoms with van der Waals surface area (Å²) in [5, 5.41) is 9.56. The quantitative estimate of drug-likeness (QED) is 0.743. The van der Waals surface area contributed by atoms with E-state index in [4.69, 9.17) is 4.74 Å². The van der Waals surface area contributed by atoms with Crippen molar-refractivity contribution in [2.24, 2.45) is 5.92 Å². The van der Waals surface area contributed by atoms with E-state index in [2.05, 4.69) is 0 Å². The molecule has 1 aromatic carbocycles. The van der Waals surface area contributed by atoms with Crippen LogP contribution in [-0.2, 0) is 14.8 Å². The first kappa shape index (κ1) is 16.4. The number of ether oxygens (including phenoxy) is 1. The summed E-state index contributed by atoms with van der Waals surface area (Å²) in [6.07, 6.45) is 1.76. The fourth-order valence-corrected chi connectivity index (χ4v) is 3.17. The number of aliphatic hydroxyl groups is 1. The molecule has 21 heavy (non-hydrogen) atoms. The average Bonchev–Trinajstić information content (AvgIpc) is 3.27. The lowest BCUT2D eigenvalue weighted by atomic mass is 10.1. The topological polar surface area (TPSA) is 66.8 Å². The normalized spacial score (nSPS) is 17.1. The van der Waals surface area contributed by atoms with Gasteiger partial charge in [-0.15, -0.1) is 0 Å². The molecule has 1 aromatic rings. The predicted octanol–water partition coefficient (Wildman–Crippen LogP) is 1.79. The van der Waals surface area contributed by atoms with E-state index in [0.717, 1.165) is 6.61 Å². The highest BCUT2D eigenvalue weighted by Gasteiger charge is 2.23. The number of likely N-dealkylation sites (N-methyl/N-ethyl adjacent to an activating group) is 1. The maximum Gasteiger partial charge on any atom is 0.242 e. The van der Waals surface area contributed by atoms with Gasteiger partial charge in [0.1, 0.15) is 0 Å². The largest absolute Gasteiger partial charge is 0.389 e. The van der Waals surface area contributed by atoms with Crippen molar-refractivity contribution in [2.45, 2.75) is 30.8 Å². The van der Waals surface area contributed by atoms with Gasteiger partial charge in [0.2, 0.25) is 10.0 Å². The van der Waals surface area contributed by atoms with Gasteiger partial charge >= 0.3 is 0 Å². The van der Waals surface area contributed by atoms with Gasteiger partial charge in [0.15, 0.2) is 0 Å². The molecule has 0 saturated heterocycles. The summed E-state index contributed by atoms with van der Waals surface area (Å²) in [6.45, 7) is 3.07. The van der Waals surface area contributed by atoms with E-state index in [1.54, 1.807) is 32.2 Å². The van der Waals surface area contributed by atoms with Gasteiger partial charge in [0.25, 0.3) is 0 Å². The fourth-order valence-electron chi connectivity index (χ4n) is 1.96. The third-order valence-corrected chi connectivity index (χ3v) is 5.50. The van der Waals surface area contributed by atoms with Crippen molar-refractivity contribution in [2.75, 3.05) is 26.8 Å². The van der Waals surface area contributed by atoms with Crippen molar-refractivity contribution in [1.29, 1.82) is 0 Å². The lowest BCUT2D eigenvalue weighted by Gasteiger charge is -2.18. The van der Waals surface area contributed by atoms with Crippen molar-refractivity contribution in [1.82, 2.24) is 4.31 Å². The van der Waals surface area contributed by atoms with Crippen LogP contribution < -0.4 is 0 Å². The Morgan fingerprint density at radius 3 is 2.76 bits per heavy atom. The van der Waals surface area contributed by atoms with Gasteiger partial charge in [-0.2, -0.15) is 4.31 Å². The minimum Gasteiger partial charge on any atom is -0.389 e. The van der Waals surface area contributed by atoms with Crippen LogP contribution in [0.2, 0.25) is 0 Å². The summed E-state index contributed by atoms with van der Waals surface area (Å²) >= 11 is 0. The van der Waals surface area contributed by atoms with Crippen LogP contribution in [-0.4, -0.2) is 44.6 Å². The minimum atomic E-state index is -3.54. The second-order valence-corrected chi connectivity index (χ2v) is 7.64. The highest BCUT2D eigenvalue weighted by atomic mass is 32.2. The maximum absolute atomic E-state index is 12.4. The van der Waals surface area contributed by atoms with Crippen LogP contribution in [0.25, 0.3) is 0 Å². The number of sulfonamides is 1. The van der Waals surface area contributed by atoms with E-state index in [1.165, 1.54) is 23.2 Å². The Hall–Kier alpha value is -0.950. The summed E-state index contributed by atoms with van der Waals surface area (Å²) in [5.41, 5.74) is 0.592. The zero-order valence-electron chi connectivity index (χ0n) is 12.5. The first-order valence-corrected chi connectivity index (χ1v) is 8.67. The summed E-state index contributed by atoms with van der Waals surface area (Å²) in [6, 6.07) is 6.42. The number of aliphatic hydroxyl groups excluding tert-OH is 1. The molecule has 0 spiro atoms. The molecule has 1 aliphatic rings. The molecular formula is C15H23NO4S. The highest BCUT2D eigenvalue weighted by molar-refractivity contribution is 7.89. The van der Waals surface area contributed by atoms with Gasteiger partial charge in [-0.1, -0.05) is 12.1 Å². The molecule has 0 aromatic heterocycles. The Bertz CT molecular complexity index is 567. The minimum absolute atomic E-state index is 0.200. The molecule has 1 N–H and O–H groups in total. The van der Waals surface area contributed by atoms with Crippen LogP contribution in [0, 0.1) is 5.92 Å². The molecule has 1 atom stereocenters. The Labute approximate surface area is 126 Å². The zero-order chi connectivity index (χ0) is 15.5. The predicted molar refractivity (Wildman–Crippen MR) is 80.4 cm³/mol. The van der Waals surface area contributed by atoms with Gasteiger partial charge in [-0.3, -0.25) is 0 Å². The monoisotopic (exact) mass is 313 g/mol. The molecule has 0 amide bonds. The summed E-state index contributed by atoms with van der Waals surface area (Å²) in [4.78, 5) is 0.200. The molecule has 118 valence electrons. The number of nitrogens with zero attached hydrogens (tertiary/aromatic N) is 1. The molecule has 1 saturated carbocycles. The third-order valence-electron chi connectivity index (χ3n) is 3.65. The molecule has 1 fully saturated rings. The van der Waals surface area contributed by atoms with Crippen molar-refractivity contribution in [3.05, 3.63) is 29.8 Å². The number of hydrogen-bond donors (Lipinski definition) is 1. The van der Waals surface area contributed by atoms with Crippen LogP contribution in [0.4, 0.5) is 0 Å². The molecular weight excluding hydrogens is 290 g/mol. The number of hydrogen-bond acceptors (Lipinski definition) is 4. The number of benzene rings is 1. The Morgan fingerprint density at radius 2 is 2.14 bits per heavy atom. The van der Waals surface area contributed by atoms with Gasteiger partial charge < -0.3 is 9.84 Å². The molecule has 1 unspecified atom stereocenters. The SMILES string of the molecule is CC(O)c1cccc(S(=O)(=O)N(C)CCOCC2CC2)c1. The van der Waals surface area contributed by atoms with Crippen LogP contribution in [0.3, 0.4) is 0 Å². The summed E-state index contributed by atoms with van der Waals surface area (Å²) in [7, 11) is -1.99. The number of rotatable bonds is 8. The maximum atomic E-state index is 12.4. The third kappa shape index (κ3) is 4.51. The molecule has 6 heteroatoms. The Kier molecular flexibility index (Phi) is 5.37. The zero-order valence-corrected chi connectivity index (χ0v) is 13.3. The fraction of sp³-hybridized carbons (Fsp3) is 0.600. The van der Waals surface area contributed by atoms with E-state index >= 15 is 0 Å². The summed E-state index contributed by atoms with van der Waals surface area (Å²) < 4.78 is 31.6. The highest BCUT2D eigenvalue weighted by Crippen LogP contribution is 2.28. The van der Waals surface area contributed by atoms with Crippen LogP contribution in [0.5, 0.6) is 0 Å². The van der Waals surface area contributed by atoms with Crippen molar-refractivity contribution in [3.8, 4) is 0 Å². The van der Waals surface area contributed by atoms with Crippen LogP contribution in [0.15, 0.2) is 29.2 Å². The van der Waals surface area contributed by atoms with E-state index < -0.39 is 16.1 Å². The van der Waals surface area contributed by atoms with Gasteiger partial charge in [-0.25, -0.2) is 8.42 Å². The van der Waals surface area contributed by atoms with Crippen molar-refractivity contribution in [3.63, 3.8) is 0 Å². The molecule has 5 nitrogen and oxygen atoms in total. The first-order valence-electron chi connectivity index (χ1n) is 7.23. The molecule has 0 radical (unpaired) electrons. The van der Waals surface area contributed by atoms with Gasteiger partial charge in [-0.05, 0) is 43.4 Å². The Morgan fingerprint density at radius 1 is 1.43 bits per heavy atom. The second-order valence-electron chi connectivity index (χ2n) is 5.59. The van der Waals surface area contributed by atoms with E-state index in [0.29, 0.717) is 24.6 Å². The molecule has 1 aliphatic carbocycles. The molecule has 0 aliphatic heterocycles. The first-order chi connectivity index (χ1) is 9.91. The van der Waals surface area contributed by atoms with E-state index in [-0.39, 0.29) is 4.90 Å². The lowest BCUT2D eigenvalue weighted by molar-refractivity contribution is 0.117. The second kappa shape index (κ2) is 6.87. The van der Waals surface area contributed by atoms with Crippen LogP contribution in [0.1, 0.15) is 31.4 Å². The Balaban J connectivity index is 1.96. The van der Waals surface area contributed by atoms with Gasteiger partial charge in [0.05, 0.1) is 17.6 Å². The van der Waals surface area contributed by atoms with E-state index in [1.807, 2.05) is 0 Å². The standard InChI is InChI=1S/C15H23NO4S/c1-12(17)14-4-3-5-15(10-14)21(18,19)16(2)8-9-20-11-13-6-7-13/h3-5,10,12-13,17H,6-9,11H2,1-2H3.